The van der Waals surface area contributed by atoms with E-state index in [9.17, 15) is 9.59 Å². The van der Waals surface area contributed by atoms with Crippen LogP contribution in [0.15, 0.2) is 48.5 Å². The second kappa shape index (κ2) is 8.19. The fraction of sp³-hybridized carbons (Fsp3) is 0.308. The van der Waals surface area contributed by atoms with Gasteiger partial charge in [-0.05, 0) is 74.2 Å². The van der Waals surface area contributed by atoms with Crippen LogP contribution in [0.3, 0.4) is 0 Å². The molecule has 0 bridgehead atoms. The number of hydrogen-bond acceptors (Lipinski definition) is 4. The predicted molar refractivity (Wildman–Crippen MR) is 126 cm³/mol. The number of carbonyl (C=O) groups excluding carboxylic acids is 2. The average molecular weight is 432 g/mol. The van der Waals surface area contributed by atoms with Crippen molar-refractivity contribution >= 4 is 23.1 Å². The molecule has 6 heteroatoms. The van der Waals surface area contributed by atoms with Crippen molar-refractivity contribution in [3.63, 3.8) is 0 Å². The number of anilines is 2. The number of aryl methyl sites for hydroxylation is 1. The second-order valence-corrected chi connectivity index (χ2v) is 9.10. The van der Waals surface area contributed by atoms with Crippen LogP contribution in [0.2, 0.25) is 0 Å². The first kappa shape index (κ1) is 21.7. The van der Waals surface area contributed by atoms with Crippen molar-refractivity contribution in [3.8, 4) is 11.4 Å². The van der Waals surface area contributed by atoms with E-state index < -0.39 is 5.91 Å². The Bertz CT molecular complexity index is 1190. The molecule has 32 heavy (non-hydrogen) atoms. The van der Waals surface area contributed by atoms with Gasteiger partial charge in [0.15, 0.2) is 5.78 Å². The summed E-state index contributed by atoms with van der Waals surface area (Å²) in [5.41, 5.74) is 11.1. The summed E-state index contributed by atoms with van der Waals surface area (Å²) >= 11 is 0. The Kier molecular flexibility index (Phi) is 5.55. The summed E-state index contributed by atoms with van der Waals surface area (Å²) in [4.78, 5) is 24.8. The molecule has 1 aliphatic rings. The third-order valence-corrected chi connectivity index (χ3v) is 5.84. The Labute approximate surface area is 188 Å². The molecule has 166 valence electrons. The van der Waals surface area contributed by atoms with E-state index in [1.54, 1.807) is 6.07 Å². The number of benzene rings is 2. The summed E-state index contributed by atoms with van der Waals surface area (Å²) in [6.45, 7) is 8.78. The van der Waals surface area contributed by atoms with Crippen molar-refractivity contribution in [3.05, 3.63) is 71.0 Å². The molecule has 0 saturated heterocycles. The molecule has 0 saturated carbocycles. The molecule has 1 aliphatic carbocycles. The van der Waals surface area contributed by atoms with Crippen molar-refractivity contribution in [2.75, 3.05) is 11.9 Å². The lowest BCUT2D eigenvalue weighted by Gasteiger charge is -2.30. The number of hydrogen-bond donors (Lipinski definition) is 2. The number of nitrogens with zero attached hydrogens (tertiary/aromatic N) is 1. The fourth-order valence-corrected chi connectivity index (χ4v) is 4.46. The molecule has 1 amide bonds. The number of aromatic nitrogens is 1. The number of fused-ring (bicyclic) bond motifs is 1. The first-order valence-corrected chi connectivity index (χ1v) is 10.9. The lowest BCUT2D eigenvalue weighted by Crippen LogP contribution is -2.27. The maximum atomic E-state index is 12.7. The standard InChI is InChI=1S/C26H29N3O3/c1-5-32-19-9-6-17(7-10-19)28-22-13-18(8-11-20(22)25(27)31)29-16(2)12-21-23(29)14-26(3,4)15-24(21)30/h6-13,28H,5,14-15H2,1-4H3,(H2,27,31). The molecule has 0 unspecified atom stereocenters. The van der Waals surface area contributed by atoms with Gasteiger partial charge < -0.3 is 20.4 Å². The van der Waals surface area contributed by atoms with Gasteiger partial charge in [-0.25, -0.2) is 0 Å². The van der Waals surface area contributed by atoms with E-state index in [4.69, 9.17) is 10.5 Å². The zero-order valence-corrected chi connectivity index (χ0v) is 19.0. The molecule has 0 aliphatic heterocycles. The Balaban J connectivity index is 1.76. The number of nitrogens with one attached hydrogen (secondary N) is 1. The smallest absolute Gasteiger partial charge is 0.250 e. The summed E-state index contributed by atoms with van der Waals surface area (Å²) in [7, 11) is 0. The predicted octanol–water partition coefficient (Wildman–Crippen LogP) is 5.18. The van der Waals surface area contributed by atoms with Gasteiger partial charge in [0.05, 0.1) is 17.9 Å². The summed E-state index contributed by atoms with van der Waals surface area (Å²) in [5, 5.41) is 3.31. The summed E-state index contributed by atoms with van der Waals surface area (Å²) in [6, 6.07) is 15.0. The third kappa shape index (κ3) is 4.13. The van der Waals surface area contributed by atoms with Gasteiger partial charge in [0.1, 0.15) is 5.75 Å². The number of ketones is 1. The fourth-order valence-electron chi connectivity index (χ4n) is 4.46. The van der Waals surface area contributed by atoms with Crippen molar-refractivity contribution in [1.82, 2.24) is 4.57 Å². The molecular formula is C26H29N3O3. The van der Waals surface area contributed by atoms with Crippen molar-refractivity contribution < 1.29 is 14.3 Å². The van der Waals surface area contributed by atoms with Crippen LogP contribution < -0.4 is 15.8 Å². The Morgan fingerprint density at radius 2 is 1.84 bits per heavy atom. The van der Waals surface area contributed by atoms with Crippen LogP contribution in [0.1, 0.15) is 59.3 Å². The molecule has 0 fully saturated rings. The Morgan fingerprint density at radius 1 is 1.12 bits per heavy atom. The van der Waals surface area contributed by atoms with Gasteiger partial charge in [-0.1, -0.05) is 13.8 Å². The van der Waals surface area contributed by atoms with Crippen LogP contribution in [0.5, 0.6) is 5.75 Å². The van der Waals surface area contributed by atoms with Crippen LogP contribution in [-0.2, 0) is 6.42 Å². The maximum absolute atomic E-state index is 12.7. The molecular weight excluding hydrogens is 402 g/mol. The van der Waals surface area contributed by atoms with E-state index in [1.807, 2.05) is 56.3 Å². The molecule has 4 rings (SSSR count). The zero-order chi connectivity index (χ0) is 23.0. The molecule has 2 aromatic carbocycles. The Morgan fingerprint density at radius 3 is 2.50 bits per heavy atom. The van der Waals surface area contributed by atoms with Gasteiger partial charge in [0.2, 0.25) is 0 Å². The highest BCUT2D eigenvalue weighted by atomic mass is 16.5. The molecule has 1 aromatic heterocycles. The Hall–Kier alpha value is -3.54. The summed E-state index contributed by atoms with van der Waals surface area (Å²) < 4.78 is 7.61. The quantitative estimate of drug-likeness (QED) is 0.563. The van der Waals surface area contributed by atoms with E-state index in [0.29, 0.717) is 24.3 Å². The largest absolute Gasteiger partial charge is 0.494 e. The molecule has 0 spiro atoms. The number of carbonyl (C=O) groups is 2. The minimum atomic E-state index is -0.507. The van der Waals surface area contributed by atoms with E-state index >= 15 is 0 Å². The molecule has 0 atom stereocenters. The second-order valence-electron chi connectivity index (χ2n) is 9.10. The molecule has 3 N–H and O–H groups in total. The summed E-state index contributed by atoms with van der Waals surface area (Å²) in [6.07, 6.45) is 1.36. The molecule has 0 radical (unpaired) electrons. The van der Waals surface area contributed by atoms with E-state index in [1.165, 1.54) is 0 Å². The van der Waals surface area contributed by atoms with Gasteiger partial charge in [-0.15, -0.1) is 0 Å². The minimum Gasteiger partial charge on any atom is -0.494 e. The average Bonchev–Trinajstić information content (AvgIpc) is 3.04. The third-order valence-electron chi connectivity index (χ3n) is 5.84. The van der Waals surface area contributed by atoms with Crippen LogP contribution in [-0.4, -0.2) is 22.9 Å². The van der Waals surface area contributed by atoms with Crippen molar-refractivity contribution in [2.45, 2.75) is 40.5 Å². The number of Topliss-reactive ketones (excluding diaryl/α,β-unsaturated/α-hetero) is 1. The van der Waals surface area contributed by atoms with Gasteiger partial charge in [0.25, 0.3) is 5.91 Å². The first-order chi connectivity index (χ1) is 15.2. The molecule has 3 aromatic rings. The van der Waals surface area contributed by atoms with Gasteiger partial charge in [0, 0.05) is 34.7 Å². The minimum absolute atomic E-state index is 0.0941. The maximum Gasteiger partial charge on any atom is 0.250 e. The lowest BCUT2D eigenvalue weighted by atomic mass is 9.76. The van der Waals surface area contributed by atoms with Crippen LogP contribution in [0.25, 0.3) is 5.69 Å². The number of ether oxygens (including phenoxy) is 1. The van der Waals surface area contributed by atoms with Crippen molar-refractivity contribution in [1.29, 1.82) is 0 Å². The van der Waals surface area contributed by atoms with Gasteiger partial charge >= 0.3 is 0 Å². The normalized spacial score (nSPS) is 14.7. The van der Waals surface area contributed by atoms with Crippen LogP contribution in [0.4, 0.5) is 11.4 Å². The van der Waals surface area contributed by atoms with E-state index in [0.717, 1.165) is 40.5 Å². The number of amides is 1. The highest BCUT2D eigenvalue weighted by molar-refractivity contribution is 6.00. The monoisotopic (exact) mass is 431 g/mol. The number of rotatable bonds is 6. The highest BCUT2D eigenvalue weighted by Crippen LogP contribution is 2.38. The van der Waals surface area contributed by atoms with E-state index in [2.05, 4.69) is 23.7 Å². The van der Waals surface area contributed by atoms with Crippen LogP contribution >= 0.6 is 0 Å². The summed E-state index contributed by atoms with van der Waals surface area (Å²) in [5.74, 6) is 0.455. The molecule has 1 heterocycles. The first-order valence-electron chi connectivity index (χ1n) is 10.9. The SMILES string of the molecule is CCOc1ccc(Nc2cc(-n3c(C)cc4c3CC(C)(C)CC4=O)ccc2C(N)=O)cc1. The van der Waals surface area contributed by atoms with Crippen LogP contribution in [0, 0.1) is 12.3 Å². The topological polar surface area (TPSA) is 86.3 Å². The van der Waals surface area contributed by atoms with Gasteiger partial charge in [-0.3, -0.25) is 9.59 Å². The van der Waals surface area contributed by atoms with Crippen molar-refractivity contribution in [2.24, 2.45) is 11.1 Å². The zero-order valence-electron chi connectivity index (χ0n) is 19.0. The highest BCUT2D eigenvalue weighted by Gasteiger charge is 2.34. The van der Waals surface area contributed by atoms with Gasteiger partial charge in [-0.2, -0.15) is 0 Å². The van der Waals surface area contributed by atoms with E-state index in [-0.39, 0.29) is 11.2 Å². The number of nitrogens with two attached hydrogens (primary N) is 1. The number of primary amides is 1. The molecule has 6 nitrogen and oxygen atoms in total. The lowest BCUT2D eigenvalue weighted by molar-refractivity contribution is 0.0910.